The molecule has 39 heavy (non-hydrogen) atoms. The van der Waals surface area contributed by atoms with E-state index in [1.807, 2.05) is 30.3 Å². The summed E-state index contributed by atoms with van der Waals surface area (Å²) < 4.78 is 32.3. The largest absolute Gasteiger partial charge is 0.457 e. The summed E-state index contributed by atoms with van der Waals surface area (Å²) in [5.74, 6) is -0.781. The molecule has 0 aliphatic rings. The van der Waals surface area contributed by atoms with Gasteiger partial charge in [0.25, 0.3) is 5.56 Å². The Morgan fingerprint density at radius 3 is 2.23 bits per heavy atom. The predicted molar refractivity (Wildman–Crippen MR) is 150 cm³/mol. The summed E-state index contributed by atoms with van der Waals surface area (Å²) in [4.78, 5) is 41.9. The molecule has 5 aromatic rings. The molecule has 2 aromatic heterocycles. The van der Waals surface area contributed by atoms with Crippen molar-refractivity contribution < 1.29 is 17.9 Å². The van der Waals surface area contributed by atoms with E-state index in [1.54, 1.807) is 54.6 Å². The molecule has 0 fully saturated rings. The summed E-state index contributed by atoms with van der Waals surface area (Å²) in [6, 6.07) is 25.9. The average Bonchev–Trinajstić information content (AvgIpc) is 3.38. The molecular formula is C29H24N2O6S2. The third kappa shape index (κ3) is 5.92. The fourth-order valence-corrected chi connectivity index (χ4v) is 6.60. The second-order valence-corrected chi connectivity index (χ2v) is 11.9. The Morgan fingerprint density at radius 1 is 0.872 bits per heavy atom. The van der Waals surface area contributed by atoms with Crippen LogP contribution in [-0.2, 0) is 39.9 Å². The number of carbonyl (C=O) groups is 1. The highest BCUT2D eigenvalue weighted by Gasteiger charge is 2.19. The molecule has 0 bridgehead atoms. The molecule has 1 N–H and O–H groups in total. The number of rotatable bonds is 9. The molecule has 10 heteroatoms. The molecule has 0 unspecified atom stereocenters. The Kier molecular flexibility index (Phi) is 7.58. The number of H-pyrrole nitrogens is 1. The van der Waals surface area contributed by atoms with Crippen molar-refractivity contribution in [2.75, 3.05) is 0 Å². The molecule has 0 saturated carbocycles. The Morgan fingerprint density at radius 2 is 1.51 bits per heavy atom. The molecule has 0 aliphatic carbocycles. The topological polar surface area (TPSA) is 115 Å². The van der Waals surface area contributed by atoms with Crippen LogP contribution in [0.2, 0.25) is 0 Å². The van der Waals surface area contributed by atoms with E-state index in [1.165, 1.54) is 6.07 Å². The van der Waals surface area contributed by atoms with Crippen molar-refractivity contribution in [2.45, 2.75) is 30.2 Å². The molecule has 3 aromatic carbocycles. The van der Waals surface area contributed by atoms with Crippen LogP contribution in [0, 0.1) is 0 Å². The second-order valence-electron chi connectivity index (χ2n) is 8.89. The average molecular weight is 561 g/mol. The molecule has 198 valence electrons. The summed E-state index contributed by atoms with van der Waals surface area (Å²) in [5.41, 5.74) is 1.03. The van der Waals surface area contributed by atoms with Crippen molar-refractivity contribution >= 4 is 37.4 Å². The van der Waals surface area contributed by atoms with Crippen molar-refractivity contribution in [3.8, 4) is 0 Å². The summed E-state index contributed by atoms with van der Waals surface area (Å²) in [6.45, 7) is 0.129. The van der Waals surface area contributed by atoms with Crippen molar-refractivity contribution in [3.05, 3.63) is 133 Å². The van der Waals surface area contributed by atoms with E-state index in [-0.39, 0.29) is 40.5 Å². The number of carbonyl (C=O) groups excluding carboxylic acids is 1. The number of fused-ring (bicyclic) bond motifs is 1. The fraction of sp³-hybridized carbons (Fsp3) is 0.138. The number of hydrogen-bond donors (Lipinski definition) is 1. The second kappa shape index (κ2) is 11.2. The Bertz CT molecular complexity index is 1860. The number of aryl methyl sites for hydroxylation is 1. The first-order valence-electron chi connectivity index (χ1n) is 12.1. The molecule has 0 saturated heterocycles. The maximum atomic E-state index is 13.2. The number of aromatic nitrogens is 2. The number of nitrogens with zero attached hydrogens (tertiary/aromatic N) is 1. The molecule has 0 aliphatic heterocycles. The van der Waals surface area contributed by atoms with Crippen molar-refractivity contribution in [3.63, 3.8) is 0 Å². The van der Waals surface area contributed by atoms with E-state index in [2.05, 4.69) is 4.98 Å². The zero-order chi connectivity index (χ0) is 27.4. The van der Waals surface area contributed by atoms with Crippen LogP contribution in [0.25, 0.3) is 10.2 Å². The van der Waals surface area contributed by atoms with Crippen LogP contribution < -0.4 is 11.2 Å². The van der Waals surface area contributed by atoms with Gasteiger partial charge in [0.1, 0.15) is 16.3 Å². The fourth-order valence-electron chi connectivity index (χ4n) is 4.23. The summed E-state index contributed by atoms with van der Waals surface area (Å²) >= 11 is 0.989. The number of esters is 1. The third-order valence-electron chi connectivity index (χ3n) is 6.26. The third-order valence-corrected chi connectivity index (χ3v) is 8.97. The molecule has 8 nitrogen and oxygen atoms in total. The van der Waals surface area contributed by atoms with Gasteiger partial charge in [-0.2, -0.15) is 0 Å². The molecule has 0 spiro atoms. The van der Waals surface area contributed by atoms with Crippen LogP contribution in [0.5, 0.6) is 0 Å². The van der Waals surface area contributed by atoms with E-state index in [4.69, 9.17) is 4.74 Å². The minimum Gasteiger partial charge on any atom is -0.457 e. The van der Waals surface area contributed by atoms with Crippen LogP contribution in [0.1, 0.15) is 26.4 Å². The van der Waals surface area contributed by atoms with Crippen molar-refractivity contribution in [1.82, 2.24) is 9.55 Å². The number of ether oxygens (including phenoxy) is 1. The lowest BCUT2D eigenvalue weighted by Gasteiger charge is -2.11. The molecule has 0 radical (unpaired) electrons. The number of sulfone groups is 1. The zero-order valence-electron chi connectivity index (χ0n) is 20.7. The maximum Gasteiger partial charge on any atom is 0.348 e. The first-order chi connectivity index (χ1) is 18.8. The van der Waals surface area contributed by atoms with Gasteiger partial charge in [-0.25, -0.2) is 18.0 Å². The first-order valence-corrected chi connectivity index (χ1v) is 14.6. The van der Waals surface area contributed by atoms with Crippen molar-refractivity contribution in [2.24, 2.45) is 0 Å². The van der Waals surface area contributed by atoms with Gasteiger partial charge in [0.15, 0.2) is 9.84 Å². The van der Waals surface area contributed by atoms with Crippen LogP contribution in [0.4, 0.5) is 0 Å². The summed E-state index contributed by atoms with van der Waals surface area (Å²) in [7, 11) is -3.57. The lowest BCUT2D eigenvalue weighted by Crippen LogP contribution is -2.35. The SMILES string of the molecule is O=C(OCc1ccccc1)c1cc2c(=O)n(CCc3ccccc3CS(=O)(=O)c3ccccc3)c(=O)[nH]c2s1. The minimum atomic E-state index is -3.57. The van der Waals surface area contributed by atoms with Crippen molar-refractivity contribution in [1.29, 1.82) is 0 Å². The zero-order valence-corrected chi connectivity index (χ0v) is 22.3. The van der Waals surface area contributed by atoms with Gasteiger partial charge in [0.2, 0.25) is 0 Å². The van der Waals surface area contributed by atoms with Gasteiger partial charge in [-0.15, -0.1) is 11.3 Å². The molecule has 5 rings (SSSR count). The van der Waals surface area contributed by atoms with E-state index in [0.29, 0.717) is 10.4 Å². The number of benzene rings is 3. The molecule has 0 atom stereocenters. The lowest BCUT2D eigenvalue weighted by atomic mass is 10.1. The number of nitrogens with one attached hydrogen (secondary N) is 1. The van der Waals surface area contributed by atoms with Crippen LogP contribution in [-0.4, -0.2) is 23.9 Å². The van der Waals surface area contributed by atoms with Gasteiger partial charge >= 0.3 is 11.7 Å². The Balaban J connectivity index is 1.35. The maximum absolute atomic E-state index is 13.2. The predicted octanol–water partition coefficient (Wildman–Crippen LogP) is 4.32. The van der Waals surface area contributed by atoms with Crippen LogP contribution >= 0.6 is 11.3 Å². The van der Waals surface area contributed by atoms with Gasteiger partial charge in [0.05, 0.1) is 16.0 Å². The first kappa shape index (κ1) is 26.3. The Labute approximate surface area is 228 Å². The standard InChI is InChI=1S/C29H24N2O6S2/c32-27-24-17-25(28(33)37-18-20-9-3-1-4-10-20)38-26(24)30-29(34)31(27)16-15-21-11-7-8-12-22(21)19-39(35,36)23-13-5-2-6-14-23/h1-14,17H,15-16,18-19H2,(H,30,34). The van der Waals surface area contributed by atoms with Gasteiger partial charge in [-0.05, 0) is 41.3 Å². The summed E-state index contributed by atoms with van der Waals surface area (Å²) in [5, 5.41) is 0.214. The molecule has 2 heterocycles. The lowest BCUT2D eigenvalue weighted by molar-refractivity contribution is 0.0478. The smallest absolute Gasteiger partial charge is 0.348 e. The number of aromatic amines is 1. The van der Waals surface area contributed by atoms with Gasteiger partial charge in [0, 0.05) is 6.54 Å². The van der Waals surface area contributed by atoms with E-state index in [9.17, 15) is 22.8 Å². The normalized spacial score (nSPS) is 11.5. The highest BCUT2D eigenvalue weighted by atomic mass is 32.2. The quantitative estimate of drug-likeness (QED) is 0.269. The van der Waals surface area contributed by atoms with Gasteiger partial charge < -0.3 is 4.74 Å². The molecular weight excluding hydrogens is 536 g/mol. The number of hydrogen-bond acceptors (Lipinski definition) is 7. The molecule has 0 amide bonds. The minimum absolute atomic E-state index is 0.0378. The van der Waals surface area contributed by atoms with Crippen LogP contribution in [0.15, 0.2) is 105 Å². The van der Waals surface area contributed by atoms with Gasteiger partial charge in [-0.3, -0.25) is 14.3 Å². The van der Waals surface area contributed by atoms with E-state index >= 15 is 0 Å². The van der Waals surface area contributed by atoms with E-state index < -0.39 is 27.1 Å². The highest BCUT2D eigenvalue weighted by Crippen LogP contribution is 2.22. The highest BCUT2D eigenvalue weighted by molar-refractivity contribution is 7.90. The Hall–Kier alpha value is -4.28. The van der Waals surface area contributed by atoms with Gasteiger partial charge in [-0.1, -0.05) is 72.8 Å². The monoisotopic (exact) mass is 560 g/mol. The van der Waals surface area contributed by atoms with Crippen LogP contribution in [0.3, 0.4) is 0 Å². The van der Waals surface area contributed by atoms with E-state index in [0.717, 1.165) is 27.0 Å². The summed E-state index contributed by atoms with van der Waals surface area (Å²) in [6.07, 6.45) is 0.269. The number of thiophene rings is 1.